The van der Waals surface area contributed by atoms with Gasteiger partial charge < -0.3 is 10.4 Å². The molecule has 0 radical (unpaired) electrons. The quantitative estimate of drug-likeness (QED) is 0.721. The summed E-state index contributed by atoms with van der Waals surface area (Å²) in [5, 5.41) is 16.0. The maximum absolute atomic E-state index is 11.0. The number of rotatable bonds is 3. The van der Waals surface area contributed by atoms with Crippen molar-refractivity contribution < 1.29 is 9.90 Å². The van der Waals surface area contributed by atoms with Crippen LogP contribution < -0.4 is 5.32 Å². The van der Waals surface area contributed by atoms with Crippen molar-refractivity contribution in [2.75, 3.05) is 11.9 Å². The molecule has 0 fully saturated rings. The summed E-state index contributed by atoms with van der Waals surface area (Å²) in [6, 6.07) is 0. The molecule has 0 unspecified atom stereocenters. The predicted molar refractivity (Wildman–Crippen MR) is 56.8 cm³/mol. The van der Waals surface area contributed by atoms with Gasteiger partial charge in [-0.2, -0.15) is 5.10 Å². The van der Waals surface area contributed by atoms with Crippen molar-refractivity contribution >= 4 is 11.8 Å². The highest BCUT2D eigenvalue weighted by Gasteiger charge is 2.18. The van der Waals surface area contributed by atoms with Crippen LogP contribution in [0.2, 0.25) is 0 Å². The lowest BCUT2D eigenvalue weighted by atomic mass is 10.2. The molecule has 0 aliphatic carbocycles. The molecule has 0 aliphatic rings. The van der Waals surface area contributed by atoms with Gasteiger partial charge in [0.25, 0.3) is 0 Å². The Labute approximate surface area is 88.1 Å². The Bertz CT molecular complexity index is 438. The van der Waals surface area contributed by atoms with Gasteiger partial charge in [0.2, 0.25) is 0 Å². The Kier molecular flexibility index (Phi) is 3.34. The first-order valence-corrected chi connectivity index (χ1v) is 4.48. The van der Waals surface area contributed by atoms with Crippen molar-refractivity contribution in [3.63, 3.8) is 0 Å². The number of nitrogens with zero attached hydrogens (tertiary/aromatic N) is 2. The summed E-state index contributed by atoms with van der Waals surface area (Å²) < 4.78 is 1.51. The van der Waals surface area contributed by atoms with Crippen LogP contribution in [0.15, 0.2) is 0 Å². The van der Waals surface area contributed by atoms with E-state index >= 15 is 0 Å². The number of carboxylic acids is 1. The Balaban J connectivity index is 3.02. The van der Waals surface area contributed by atoms with Crippen molar-refractivity contribution in [2.45, 2.75) is 13.8 Å². The average Bonchev–Trinajstić information content (AvgIpc) is 2.42. The van der Waals surface area contributed by atoms with Crippen LogP contribution in [-0.2, 0) is 7.05 Å². The Morgan fingerprint density at radius 2 is 2.33 bits per heavy atom. The minimum atomic E-state index is -0.979. The lowest BCUT2D eigenvalue weighted by Crippen LogP contribution is -2.09. The van der Waals surface area contributed by atoms with E-state index in [1.807, 2.05) is 0 Å². The van der Waals surface area contributed by atoms with Gasteiger partial charge in [-0.25, -0.2) is 4.79 Å². The van der Waals surface area contributed by atoms with Crippen molar-refractivity contribution in [2.24, 2.45) is 7.05 Å². The molecule has 0 bridgehead atoms. The van der Waals surface area contributed by atoms with Crippen LogP contribution in [0.1, 0.15) is 23.0 Å². The van der Waals surface area contributed by atoms with E-state index in [1.165, 1.54) is 4.68 Å². The van der Waals surface area contributed by atoms with Crippen LogP contribution in [0.4, 0.5) is 5.82 Å². The van der Waals surface area contributed by atoms with Crippen LogP contribution in [0.3, 0.4) is 0 Å². The fraction of sp³-hybridized carbons (Fsp3) is 0.400. The molecule has 1 heterocycles. The normalized spacial score (nSPS) is 9.27. The minimum absolute atomic E-state index is 0.204. The van der Waals surface area contributed by atoms with Gasteiger partial charge in [0.05, 0.1) is 12.2 Å². The first kappa shape index (κ1) is 11.1. The third-order valence-corrected chi connectivity index (χ3v) is 1.96. The van der Waals surface area contributed by atoms with Crippen LogP contribution in [-0.4, -0.2) is 27.4 Å². The van der Waals surface area contributed by atoms with Crippen molar-refractivity contribution in [1.82, 2.24) is 9.78 Å². The van der Waals surface area contributed by atoms with Crippen LogP contribution in [0.5, 0.6) is 0 Å². The highest BCUT2D eigenvalue weighted by molar-refractivity contribution is 5.94. The van der Waals surface area contributed by atoms with Crippen LogP contribution in [0.25, 0.3) is 0 Å². The van der Waals surface area contributed by atoms with Gasteiger partial charge in [-0.3, -0.25) is 4.68 Å². The first-order chi connectivity index (χ1) is 7.07. The molecule has 0 aliphatic heterocycles. The number of anilines is 1. The summed E-state index contributed by atoms with van der Waals surface area (Å²) >= 11 is 0. The van der Waals surface area contributed by atoms with Crippen molar-refractivity contribution in [3.05, 3.63) is 11.3 Å². The summed E-state index contributed by atoms with van der Waals surface area (Å²) in [6.45, 7) is 3.81. The molecule has 1 rings (SSSR count). The minimum Gasteiger partial charge on any atom is -0.477 e. The zero-order chi connectivity index (χ0) is 11.4. The van der Waals surface area contributed by atoms with E-state index in [4.69, 9.17) is 5.11 Å². The third kappa shape index (κ3) is 2.29. The maximum atomic E-state index is 11.0. The Morgan fingerprint density at radius 3 is 2.87 bits per heavy atom. The molecule has 0 aromatic carbocycles. The largest absolute Gasteiger partial charge is 0.477 e. The fourth-order valence-electron chi connectivity index (χ4n) is 1.33. The average molecular weight is 207 g/mol. The molecule has 5 heteroatoms. The van der Waals surface area contributed by atoms with Gasteiger partial charge in [-0.1, -0.05) is 5.92 Å². The summed E-state index contributed by atoms with van der Waals surface area (Å²) in [4.78, 5) is 11.0. The summed E-state index contributed by atoms with van der Waals surface area (Å²) in [7, 11) is 1.70. The molecule has 5 nitrogen and oxygen atoms in total. The second kappa shape index (κ2) is 4.51. The highest BCUT2D eigenvalue weighted by Crippen LogP contribution is 2.17. The number of aromatic nitrogens is 2. The van der Waals surface area contributed by atoms with E-state index in [1.54, 1.807) is 20.9 Å². The molecular weight excluding hydrogens is 194 g/mol. The second-order valence-electron chi connectivity index (χ2n) is 3.02. The Morgan fingerprint density at radius 1 is 1.67 bits per heavy atom. The Hall–Kier alpha value is -1.96. The number of aryl methyl sites for hydroxylation is 2. The molecule has 1 aromatic heterocycles. The molecule has 1 aromatic rings. The van der Waals surface area contributed by atoms with Gasteiger partial charge in [0, 0.05) is 7.05 Å². The molecule has 0 amide bonds. The van der Waals surface area contributed by atoms with Gasteiger partial charge in [-0.05, 0) is 13.8 Å². The van der Waals surface area contributed by atoms with Gasteiger partial charge in [0.1, 0.15) is 11.4 Å². The molecule has 0 spiro atoms. The van der Waals surface area contributed by atoms with E-state index in [2.05, 4.69) is 22.3 Å². The van der Waals surface area contributed by atoms with Crippen LogP contribution in [0, 0.1) is 18.8 Å². The molecule has 0 saturated heterocycles. The number of hydrogen-bond acceptors (Lipinski definition) is 3. The molecular formula is C10H13N3O2. The van der Waals surface area contributed by atoms with E-state index in [0.29, 0.717) is 18.1 Å². The molecule has 0 saturated carbocycles. The molecule has 80 valence electrons. The lowest BCUT2D eigenvalue weighted by molar-refractivity contribution is 0.0697. The van der Waals surface area contributed by atoms with Crippen molar-refractivity contribution in [3.8, 4) is 11.8 Å². The third-order valence-electron chi connectivity index (χ3n) is 1.96. The smallest absolute Gasteiger partial charge is 0.341 e. The fourth-order valence-corrected chi connectivity index (χ4v) is 1.33. The van der Waals surface area contributed by atoms with Gasteiger partial charge in [0.15, 0.2) is 0 Å². The molecule has 0 atom stereocenters. The zero-order valence-electron chi connectivity index (χ0n) is 8.96. The van der Waals surface area contributed by atoms with E-state index in [0.717, 1.165) is 0 Å². The zero-order valence-corrected chi connectivity index (χ0v) is 8.96. The second-order valence-corrected chi connectivity index (χ2v) is 3.02. The first-order valence-electron chi connectivity index (χ1n) is 4.48. The van der Waals surface area contributed by atoms with Crippen LogP contribution >= 0.6 is 0 Å². The van der Waals surface area contributed by atoms with E-state index in [-0.39, 0.29) is 5.56 Å². The SMILES string of the molecule is CC#CCNc1c(C(=O)O)c(C)nn1C. The monoisotopic (exact) mass is 207 g/mol. The topological polar surface area (TPSA) is 67.2 Å². The van der Waals surface area contributed by atoms with E-state index in [9.17, 15) is 4.79 Å². The maximum Gasteiger partial charge on any atom is 0.341 e. The number of nitrogens with one attached hydrogen (secondary N) is 1. The highest BCUT2D eigenvalue weighted by atomic mass is 16.4. The molecule has 2 N–H and O–H groups in total. The van der Waals surface area contributed by atoms with E-state index < -0.39 is 5.97 Å². The van der Waals surface area contributed by atoms with Crippen molar-refractivity contribution in [1.29, 1.82) is 0 Å². The number of aromatic carboxylic acids is 1. The standard InChI is InChI=1S/C10H13N3O2/c1-4-5-6-11-9-8(10(14)15)7(2)12-13(9)3/h11H,6H2,1-3H3,(H,14,15). The molecule has 15 heavy (non-hydrogen) atoms. The predicted octanol–water partition coefficient (Wildman–Crippen LogP) is 0.862. The van der Waals surface area contributed by atoms with Gasteiger partial charge in [-0.15, -0.1) is 5.92 Å². The number of carbonyl (C=O) groups is 1. The lowest BCUT2D eigenvalue weighted by Gasteiger charge is -2.03. The van der Waals surface area contributed by atoms with Gasteiger partial charge >= 0.3 is 5.97 Å². The summed E-state index contributed by atoms with van der Waals surface area (Å²) in [6.07, 6.45) is 0. The summed E-state index contributed by atoms with van der Waals surface area (Å²) in [5.41, 5.74) is 0.701. The number of carboxylic acid groups (broad SMARTS) is 1. The number of hydrogen-bond donors (Lipinski definition) is 2. The summed E-state index contributed by atoms with van der Waals surface area (Å²) in [5.74, 6) is 5.04.